The van der Waals surface area contributed by atoms with Gasteiger partial charge in [0, 0.05) is 11.6 Å². The summed E-state index contributed by atoms with van der Waals surface area (Å²) >= 11 is 0. The van der Waals surface area contributed by atoms with Crippen molar-refractivity contribution in [1.29, 1.82) is 0 Å². The van der Waals surface area contributed by atoms with Gasteiger partial charge in [-0.2, -0.15) is 0 Å². The number of anilines is 1. The molecule has 2 rings (SSSR count). The third-order valence-electron chi connectivity index (χ3n) is 3.24. The molecule has 2 N–H and O–H groups in total. The second kappa shape index (κ2) is 7.28. The van der Waals surface area contributed by atoms with Gasteiger partial charge in [0.15, 0.2) is 0 Å². The summed E-state index contributed by atoms with van der Waals surface area (Å²) in [5.74, 6) is -2.35. The van der Waals surface area contributed by atoms with E-state index in [0.29, 0.717) is 0 Å². The molecule has 0 aliphatic heterocycles. The van der Waals surface area contributed by atoms with Crippen LogP contribution in [0.25, 0.3) is 0 Å². The van der Waals surface area contributed by atoms with Crippen molar-refractivity contribution in [3.63, 3.8) is 0 Å². The molecule has 0 fully saturated rings. The summed E-state index contributed by atoms with van der Waals surface area (Å²) in [7, 11) is -4.11. The number of amides is 1. The van der Waals surface area contributed by atoms with Crippen molar-refractivity contribution in [3.8, 4) is 0 Å². The molecule has 5 nitrogen and oxygen atoms in total. The quantitative estimate of drug-likeness (QED) is 0.851. The number of carbonyl (C=O) groups excluding carboxylic acids is 1. The third-order valence-corrected chi connectivity index (χ3v) is 4.92. The zero-order valence-corrected chi connectivity index (χ0v) is 14.7. The maximum Gasteiger partial charge on any atom is 0.255 e. The van der Waals surface area contributed by atoms with Crippen molar-refractivity contribution >= 4 is 21.6 Å². The smallest absolute Gasteiger partial charge is 0.255 e. The van der Waals surface area contributed by atoms with Gasteiger partial charge in [-0.05, 0) is 56.7 Å². The summed E-state index contributed by atoms with van der Waals surface area (Å²) in [5.41, 5.74) is 0.589. The van der Waals surface area contributed by atoms with Gasteiger partial charge < -0.3 is 5.32 Å². The molecule has 0 bridgehead atoms. The van der Waals surface area contributed by atoms with E-state index < -0.39 is 38.5 Å². The lowest BCUT2D eigenvalue weighted by Crippen LogP contribution is -2.31. The topological polar surface area (TPSA) is 75.3 Å². The number of sulfonamides is 1. The molecular formula is C17H18F2N2O3S. The van der Waals surface area contributed by atoms with Crippen LogP contribution < -0.4 is 10.0 Å². The molecule has 2 aromatic rings. The van der Waals surface area contributed by atoms with Gasteiger partial charge in [-0.15, -0.1) is 0 Å². The van der Waals surface area contributed by atoms with Crippen LogP contribution in [0.2, 0.25) is 0 Å². The first-order valence-electron chi connectivity index (χ1n) is 7.49. The Hall–Kier alpha value is -2.32. The van der Waals surface area contributed by atoms with E-state index >= 15 is 0 Å². The van der Waals surface area contributed by atoms with E-state index in [4.69, 9.17) is 0 Å². The van der Waals surface area contributed by atoms with Crippen LogP contribution in [-0.2, 0) is 10.0 Å². The summed E-state index contributed by atoms with van der Waals surface area (Å²) in [4.78, 5) is 11.6. The Morgan fingerprint density at radius 3 is 2.32 bits per heavy atom. The van der Waals surface area contributed by atoms with E-state index in [1.807, 2.05) is 0 Å². The number of benzene rings is 2. The summed E-state index contributed by atoms with van der Waals surface area (Å²) in [6.45, 7) is 4.91. The monoisotopic (exact) mass is 368 g/mol. The summed E-state index contributed by atoms with van der Waals surface area (Å²) < 4.78 is 54.2. The standard InChI is InChI=1S/C17H18F2N2O3S/c1-10(2)21-25(23,24)16-9-12(5-7-14(16)19)17(22)20-15-8-11(3)4-6-13(15)18/h4-10,21H,1-3H3,(H,20,22). The average molecular weight is 368 g/mol. The minimum absolute atomic E-state index is 0.0426. The fourth-order valence-corrected chi connectivity index (χ4v) is 3.51. The van der Waals surface area contributed by atoms with Crippen LogP contribution in [-0.4, -0.2) is 20.4 Å². The van der Waals surface area contributed by atoms with Crippen LogP contribution in [0.4, 0.5) is 14.5 Å². The molecule has 0 spiro atoms. The molecule has 25 heavy (non-hydrogen) atoms. The van der Waals surface area contributed by atoms with Crippen LogP contribution in [0.1, 0.15) is 29.8 Å². The highest BCUT2D eigenvalue weighted by Gasteiger charge is 2.22. The number of aryl methyl sites for hydroxylation is 1. The van der Waals surface area contributed by atoms with Crippen LogP contribution in [0.3, 0.4) is 0 Å². The highest BCUT2D eigenvalue weighted by molar-refractivity contribution is 7.89. The molecule has 8 heteroatoms. The predicted octanol–water partition coefficient (Wildman–Crippen LogP) is 3.21. The molecular weight excluding hydrogens is 350 g/mol. The zero-order valence-electron chi connectivity index (χ0n) is 13.9. The minimum atomic E-state index is -4.11. The van der Waals surface area contributed by atoms with Crippen molar-refractivity contribution in [2.75, 3.05) is 5.32 Å². The van der Waals surface area contributed by atoms with E-state index in [-0.39, 0.29) is 11.3 Å². The van der Waals surface area contributed by atoms with Crippen molar-refractivity contribution in [3.05, 3.63) is 59.2 Å². The first-order chi connectivity index (χ1) is 11.6. The van der Waals surface area contributed by atoms with Crippen LogP contribution in [0.15, 0.2) is 41.3 Å². The van der Waals surface area contributed by atoms with E-state index in [1.54, 1.807) is 26.8 Å². The van der Waals surface area contributed by atoms with E-state index in [0.717, 1.165) is 23.8 Å². The lowest BCUT2D eigenvalue weighted by atomic mass is 10.2. The molecule has 0 atom stereocenters. The molecule has 0 unspecified atom stereocenters. The van der Waals surface area contributed by atoms with Crippen LogP contribution >= 0.6 is 0 Å². The molecule has 1 amide bonds. The fourth-order valence-electron chi connectivity index (χ4n) is 2.15. The van der Waals surface area contributed by atoms with Gasteiger partial charge in [0.2, 0.25) is 10.0 Å². The first kappa shape index (κ1) is 19.0. The third kappa shape index (κ3) is 4.61. The van der Waals surface area contributed by atoms with Crippen molar-refractivity contribution < 1.29 is 22.0 Å². The number of halogens is 2. The highest BCUT2D eigenvalue weighted by Crippen LogP contribution is 2.20. The number of hydrogen-bond acceptors (Lipinski definition) is 3. The molecule has 2 aromatic carbocycles. The second-order valence-electron chi connectivity index (χ2n) is 5.86. The number of carbonyl (C=O) groups is 1. The van der Waals surface area contributed by atoms with Gasteiger partial charge in [-0.25, -0.2) is 21.9 Å². The number of nitrogens with one attached hydrogen (secondary N) is 2. The zero-order chi connectivity index (χ0) is 18.8. The number of hydrogen-bond donors (Lipinski definition) is 2. The van der Waals surface area contributed by atoms with Crippen molar-refractivity contribution in [2.24, 2.45) is 0 Å². The fraction of sp³-hybridized carbons (Fsp3) is 0.235. The van der Waals surface area contributed by atoms with Gasteiger partial charge in [0.1, 0.15) is 16.5 Å². The van der Waals surface area contributed by atoms with Crippen molar-refractivity contribution in [1.82, 2.24) is 4.72 Å². The Morgan fingerprint density at radius 1 is 1.04 bits per heavy atom. The predicted molar refractivity (Wildman–Crippen MR) is 90.9 cm³/mol. The molecule has 0 radical (unpaired) electrons. The highest BCUT2D eigenvalue weighted by atomic mass is 32.2. The first-order valence-corrected chi connectivity index (χ1v) is 8.98. The van der Waals surface area contributed by atoms with E-state index in [2.05, 4.69) is 10.0 Å². The number of rotatable bonds is 5. The van der Waals surface area contributed by atoms with Gasteiger partial charge in [-0.1, -0.05) is 6.07 Å². The normalized spacial score (nSPS) is 11.6. The molecule has 0 heterocycles. The van der Waals surface area contributed by atoms with Crippen molar-refractivity contribution in [2.45, 2.75) is 31.7 Å². The Labute approximate surface area is 145 Å². The lowest BCUT2D eigenvalue weighted by molar-refractivity contribution is 0.102. The maximum absolute atomic E-state index is 13.9. The molecule has 0 saturated heterocycles. The van der Waals surface area contributed by atoms with E-state index in [9.17, 15) is 22.0 Å². The lowest BCUT2D eigenvalue weighted by Gasteiger charge is -2.12. The van der Waals surface area contributed by atoms with Gasteiger partial charge in [-0.3, -0.25) is 4.79 Å². The largest absolute Gasteiger partial charge is 0.319 e. The summed E-state index contributed by atoms with van der Waals surface area (Å²) in [6.07, 6.45) is 0. The Morgan fingerprint density at radius 2 is 1.68 bits per heavy atom. The van der Waals surface area contributed by atoms with E-state index in [1.165, 1.54) is 12.1 Å². The SMILES string of the molecule is Cc1ccc(F)c(NC(=O)c2ccc(F)c(S(=O)(=O)NC(C)C)c2)c1. The molecule has 0 saturated carbocycles. The van der Waals surface area contributed by atoms with Crippen LogP contribution in [0.5, 0.6) is 0 Å². The van der Waals surface area contributed by atoms with Gasteiger partial charge in [0.25, 0.3) is 5.91 Å². The second-order valence-corrected chi connectivity index (χ2v) is 7.54. The molecule has 0 aromatic heterocycles. The van der Waals surface area contributed by atoms with Crippen LogP contribution in [0, 0.1) is 18.6 Å². The molecule has 0 aliphatic rings. The Bertz CT molecular complexity index is 912. The molecule has 134 valence electrons. The Balaban J connectivity index is 2.36. The minimum Gasteiger partial charge on any atom is -0.319 e. The summed E-state index contributed by atoms with van der Waals surface area (Å²) in [5, 5.41) is 2.35. The Kier molecular flexibility index (Phi) is 5.54. The van der Waals surface area contributed by atoms with Gasteiger partial charge >= 0.3 is 0 Å². The maximum atomic E-state index is 13.9. The molecule has 0 aliphatic carbocycles. The summed E-state index contributed by atoms with van der Waals surface area (Å²) in [6, 6.07) is 6.69. The van der Waals surface area contributed by atoms with Gasteiger partial charge in [0.05, 0.1) is 5.69 Å². The average Bonchev–Trinajstić information content (AvgIpc) is 2.49.